The molecule has 0 spiro atoms. The van der Waals surface area contributed by atoms with Gasteiger partial charge in [0.2, 0.25) is 0 Å². The van der Waals surface area contributed by atoms with Crippen LogP contribution in [0.2, 0.25) is 0 Å². The van der Waals surface area contributed by atoms with Crippen molar-refractivity contribution < 1.29 is 4.79 Å². The highest BCUT2D eigenvalue weighted by atomic mass is 16.1. The van der Waals surface area contributed by atoms with Crippen molar-refractivity contribution in [2.24, 2.45) is 17.8 Å². The average Bonchev–Trinajstić information content (AvgIpc) is 2.39. The zero-order valence-electron chi connectivity index (χ0n) is 12.1. The van der Waals surface area contributed by atoms with Gasteiger partial charge < -0.3 is 5.32 Å². The number of pyridine rings is 1. The summed E-state index contributed by atoms with van der Waals surface area (Å²) < 4.78 is 0. The van der Waals surface area contributed by atoms with Crippen LogP contribution in [0.1, 0.15) is 50.4 Å². The summed E-state index contributed by atoms with van der Waals surface area (Å²) in [5, 5.41) is 3.23. The molecule has 3 atom stereocenters. The molecule has 1 aliphatic rings. The van der Waals surface area contributed by atoms with Gasteiger partial charge in [-0.15, -0.1) is 0 Å². The number of nitrogens with one attached hydrogen (secondary N) is 1. The Balaban J connectivity index is 2.04. The number of carbonyl (C=O) groups excluding carboxylic acids is 1. The van der Waals surface area contributed by atoms with Gasteiger partial charge in [-0.25, -0.2) is 0 Å². The molecule has 1 aromatic rings. The molecule has 2 rings (SSSR count). The van der Waals surface area contributed by atoms with Crippen LogP contribution in [0.15, 0.2) is 24.5 Å². The number of carbonyl (C=O) groups is 1. The lowest BCUT2D eigenvalue weighted by Gasteiger charge is -2.37. The zero-order chi connectivity index (χ0) is 13.8. The van der Waals surface area contributed by atoms with Crippen LogP contribution in [0.4, 0.5) is 0 Å². The molecule has 0 saturated heterocycles. The van der Waals surface area contributed by atoms with Crippen molar-refractivity contribution in [2.45, 2.75) is 46.1 Å². The second kappa shape index (κ2) is 6.18. The van der Waals surface area contributed by atoms with Gasteiger partial charge in [0.25, 0.3) is 5.91 Å². The fourth-order valence-corrected chi connectivity index (χ4v) is 3.12. The zero-order valence-corrected chi connectivity index (χ0v) is 12.1. The van der Waals surface area contributed by atoms with Crippen LogP contribution in [0.5, 0.6) is 0 Å². The molecule has 1 heterocycles. The molecule has 3 heteroatoms. The van der Waals surface area contributed by atoms with E-state index in [2.05, 4.69) is 31.1 Å². The summed E-state index contributed by atoms with van der Waals surface area (Å²) in [6.07, 6.45) is 6.93. The van der Waals surface area contributed by atoms with E-state index in [0.717, 1.165) is 6.42 Å². The van der Waals surface area contributed by atoms with E-state index in [1.807, 2.05) is 0 Å². The normalized spacial score (nSPS) is 27.3. The SMILES string of the molecule is CC(C)[C@@H]1CC[C@H](C)C[C@H]1NC(=O)c1ccncc1. The maximum Gasteiger partial charge on any atom is 0.251 e. The van der Waals surface area contributed by atoms with Gasteiger partial charge in [-0.05, 0) is 42.7 Å². The van der Waals surface area contributed by atoms with Crippen LogP contribution in [-0.2, 0) is 0 Å². The quantitative estimate of drug-likeness (QED) is 0.906. The third-order valence-corrected chi connectivity index (χ3v) is 4.28. The first kappa shape index (κ1) is 14.0. The predicted molar refractivity (Wildman–Crippen MR) is 76.8 cm³/mol. The van der Waals surface area contributed by atoms with Crippen LogP contribution in [-0.4, -0.2) is 16.9 Å². The monoisotopic (exact) mass is 260 g/mol. The minimum absolute atomic E-state index is 0.0344. The molecule has 3 nitrogen and oxygen atoms in total. The number of nitrogens with zero attached hydrogens (tertiary/aromatic N) is 1. The molecule has 0 radical (unpaired) electrons. The van der Waals surface area contributed by atoms with E-state index in [0.29, 0.717) is 29.4 Å². The second-order valence-electron chi connectivity index (χ2n) is 6.14. The summed E-state index contributed by atoms with van der Waals surface area (Å²) in [4.78, 5) is 16.2. The molecule has 1 saturated carbocycles. The van der Waals surface area contributed by atoms with Crippen molar-refractivity contribution in [1.82, 2.24) is 10.3 Å². The molecule has 19 heavy (non-hydrogen) atoms. The minimum atomic E-state index is 0.0344. The van der Waals surface area contributed by atoms with Crippen molar-refractivity contribution >= 4 is 5.91 Å². The largest absolute Gasteiger partial charge is 0.349 e. The summed E-state index contributed by atoms with van der Waals surface area (Å²) in [7, 11) is 0. The molecule has 1 aliphatic carbocycles. The smallest absolute Gasteiger partial charge is 0.251 e. The molecule has 1 fully saturated rings. The summed E-state index contributed by atoms with van der Waals surface area (Å²) >= 11 is 0. The molecule has 1 amide bonds. The molecule has 104 valence electrons. The van der Waals surface area contributed by atoms with Gasteiger partial charge in [0, 0.05) is 24.0 Å². The first-order valence-corrected chi connectivity index (χ1v) is 7.28. The first-order valence-electron chi connectivity index (χ1n) is 7.28. The van der Waals surface area contributed by atoms with Crippen LogP contribution in [0.25, 0.3) is 0 Å². The van der Waals surface area contributed by atoms with Crippen molar-refractivity contribution in [1.29, 1.82) is 0 Å². The third-order valence-electron chi connectivity index (χ3n) is 4.28. The summed E-state index contributed by atoms with van der Waals surface area (Å²) in [5.41, 5.74) is 0.704. The molecular formula is C16H24N2O. The highest BCUT2D eigenvalue weighted by molar-refractivity contribution is 5.94. The summed E-state index contributed by atoms with van der Waals surface area (Å²) in [6.45, 7) is 6.79. The topological polar surface area (TPSA) is 42.0 Å². The van der Waals surface area contributed by atoms with Crippen molar-refractivity contribution in [3.05, 3.63) is 30.1 Å². The van der Waals surface area contributed by atoms with Crippen LogP contribution in [0, 0.1) is 17.8 Å². The standard InChI is InChI=1S/C16H24N2O/c1-11(2)14-5-4-12(3)10-15(14)18-16(19)13-6-8-17-9-7-13/h6-9,11-12,14-15H,4-5,10H2,1-3H3,(H,18,19)/t12-,14-,15+/m0/s1. The fraction of sp³-hybridized carbons (Fsp3) is 0.625. The van der Waals surface area contributed by atoms with Crippen LogP contribution < -0.4 is 5.32 Å². The van der Waals surface area contributed by atoms with E-state index in [1.165, 1.54) is 12.8 Å². The van der Waals surface area contributed by atoms with E-state index in [4.69, 9.17) is 0 Å². The van der Waals surface area contributed by atoms with E-state index in [9.17, 15) is 4.79 Å². The van der Waals surface area contributed by atoms with Gasteiger partial charge >= 0.3 is 0 Å². The third kappa shape index (κ3) is 3.55. The minimum Gasteiger partial charge on any atom is -0.349 e. The van der Waals surface area contributed by atoms with Crippen molar-refractivity contribution in [2.75, 3.05) is 0 Å². The Morgan fingerprint density at radius 3 is 2.63 bits per heavy atom. The Morgan fingerprint density at radius 1 is 1.32 bits per heavy atom. The lowest BCUT2D eigenvalue weighted by Crippen LogP contribution is -2.45. The van der Waals surface area contributed by atoms with E-state index in [-0.39, 0.29) is 5.91 Å². The fourth-order valence-electron chi connectivity index (χ4n) is 3.12. The van der Waals surface area contributed by atoms with E-state index in [1.54, 1.807) is 24.5 Å². The predicted octanol–water partition coefficient (Wildman–Crippen LogP) is 3.27. The maximum atomic E-state index is 12.2. The molecule has 0 aromatic carbocycles. The molecule has 0 unspecified atom stereocenters. The van der Waals surface area contributed by atoms with E-state index < -0.39 is 0 Å². The Morgan fingerprint density at radius 2 is 2.00 bits per heavy atom. The Bertz CT molecular complexity index is 416. The second-order valence-corrected chi connectivity index (χ2v) is 6.14. The number of aromatic nitrogens is 1. The maximum absolute atomic E-state index is 12.2. The van der Waals surface area contributed by atoms with Crippen molar-refractivity contribution in [3.63, 3.8) is 0 Å². The molecule has 0 bridgehead atoms. The van der Waals surface area contributed by atoms with Gasteiger partial charge in [0.15, 0.2) is 0 Å². The summed E-state index contributed by atoms with van der Waals surface area (Å²) in [6, 6.07) is 3.85. The Labute approximate surface area is 115 Å². The molecule has 0 aliphatic heterocycles. The highest BCUT2D eigenvalue weighted by Gasteiger charge is 2.31. The van der Waals surface area contributed by atoms with Gasteiger partial charge in [-0.2, -0.15) is 0 Å². The average molecular weight is 260 g/mol. The Kier molecular flexibility index (Phi) is 4.56. The number of rotatable bonds is 3. The van der Waals surface area contributed by atoms with Crippen molar-refractivity contribution in [3.8, 4) is 0 Å². The van der Waals surface area contributed by atoms with Gasteiger partial charge in [-0.3, -0.25) is 9.78 Å². The van der Waals surface area contributed by atoms with Gasteiger partial charge in [-0.1, -0.05) is 27.2 Å². The van der Waals surface area contributed by atoms with E-state index >= 15 is 0 Å². The number of amides is 1. The Hall–Kier alpha value is -1.38. The van der Waals surface area contributed by atoms with Gasteiger partial charge in [0.05, 0.1) is 0 Å². The summed E-state index contributed by atoms with van der Waals surface area (Å²) in [5.74, 6) is 1.96. The highest BCUT2D eigenvalue weighted by Crippen LogP contribution is 2.33. The van der Waals surface area contributed by atoms with Crippen LogP contribution >= 0.6 is 0 Å². The number of hydrogen-bond acceptors (Lipinski definition) is 2. The van der Waals surface area contributed by atoms with Gasteiger partial charge in [0.1, 0.15) is 0 Å². The molecular weight excluding hydrogens is 236 g/mol. The van der Waals surface area contributed by atoms with Crippen LogP contribution in [0.3, 0.4) is 0 Å². The number of hydrogen-bond donors (Lipinski definition) is 1. The first-order chi connectivity index (χ1) is 9.08. The molecule has 1 aromatic heterocycles. The molecule has 1 N–H and O–H groups in total. The lowest BCUT2D eigenvalue weighted by atomic mass is 9.74. The lowest BCUT2D eigenvalue weighted by molar-refractivity contribution is 0.0868.